The normalized spacial score (nSPS) is 23.5. The minimum Gasteiger partial charge on any atom is -0.329 e. The quantitative estimate of drug-likeness (QED) is 0.830. The van der Waals surface area contributed by atoms with Gasteiger partial charge in [0.2, 0.25) is 0 Å². The molecule has 1 N–H and O–H groups in total. The molecular weight excluding hydrogens is 212 g/mol. The fourth-order valence-corrected chi connectivity index (χ4v) is 2.98. The Kier molecular flexibility index (Phi) is 2.35. The topological polar surface area (TPSA) is 33.1 Å². The number of hydrogen-bond acceptors (Lipinski definition) is 3. The van der Waals surface area contributed by atoms with Crippen molar-refractivity contribution in [1.82, 2.24) is 19.8 Å². The van der Waals surface area contributed by atoms with Gasteiger partial charge in [0.1, 0.15) is 5.82 Å². The van der Waals surface area contributed by atoms with Crippen LogP contribution in [0.15, 0.2) is 12.4 Å². The van der Waals surface area contributed by atoms with E-state index in [0.717, 1.165) is 6.54 Å². The second-order valence-electron chi connectivity index (χ2n) is 6.63. The van der Waals surface area contributed by atoms with Gasteiger partial charge in [0.15, 0.2) is 0 Å². The van der Waals surface area contributed by atoms with Gasteiger partial charge in [-0.3, -0.25) is 4.90 Å². The third-order valence-corrected chi connectivity index (χ3v) is 3.92. The molecule has 0 saturated carbocycles. The summed E-state index contributed by atoms with van der Waals surface area (Å²) in [7, 11) is 0. The number of imidazole rings is 1. The molecule has 0 radical (unpaired) electrons. The Morgan fingerprint density at radius 3 is 2.59 bits per heavy atom. The number of aromatic nitrogens is 2. The summed E-state index contributed by atoms with van der Waals surface area (Å²) in [6, 6.07) is 0. The van der Waals surface area contributed by atoms with Crippen molar-refractivity contribution in [2.75, 3.05) is 26.2 Å². The molecule has 2 saturated heterocycles. The highest BCUT2D eigenvalue weighted by atomic mass is 15.3. The molecule has 17 heavy (non-hydrogen) atoms. The van der Waals surface area contributed by atoms with Gasteiger partial charge in [-0.25, -0.2) is 4.98 Å². The van der Waals surface area contributed by atoms with Crippen LogP contribution in [-0.4, -0.2) is 40.6 Å². The highest BCUT2D eigenvalue weighted by molar-refractivity contribution is 5.06. The molecule has 0 amide bonds. The highest BCUT2D eigenvalue weighted by Gasteiger charge is 2.47. The van der Waals surface area contributed by atoms with Crippen molar-refractivity contribution in [3.63, 3.8) is 0 Å². The van der Waals surface area contributed by atoms with Gasteiger partial charge in [-0.2, -0.15) is 0 Å². The number of nitrogens with zero attached hydrogens (tertiary/aromatic N) is 3. The summed E-state index contributed by atoms with van der Waals surface area (Å²) in [5.74, 6) is 1.19. The molecule has 0 aromatic carbocycles. The Bertz CT molecular complexity index is 403. The zero-order chi connectivity index (χ0) is 12.1. The van der Waals surface area contributed by atoms with E-state index < -0.39 is 0 Å². The van der Waals surface area contributed by atoms with E-state index in [2.05, 4.69) is 46.7 Å². The van der Waals surface area contributed by atoms with Gasteiger partial charge >= 0.3 is 0 Å². The van der Waals surface area contributed by atoms with E-state index in [1.807, 2.05) is 6.20 Å². The first-order valence-electron chi connectivity index (χ1n) is 6.44. The van der Waals surface area contributed by atoms with Gasteiger partial charge in [0.05, 0.1) is 6.54 Å². The van der Waals surface area contributed by atoms with Gasteiger partial charge in [-0.1, -0.05) is 0 Å². The summed E-state index contributed by atoms with van der Waals surface area (Å²) in [6.07, 6.45) is 4.01. The standard InChI is InChI=1S/C13H22N4/c1-12(2,3)17-5-4-15-11(17)6-16-9-13(10-16)7-14-8-13/h4-5,14H,6-10H2,1-3H3. The summed E-state index contributed by atoms with van der Waals surface area (Å²) < 4.78 is 2.29. The first-order chi connectivity index (χ1) is 7.99. The third kappa shape index (κ3) is 1.89. The molecule has 4 nitrogen and oxygen atoms in total. The molecule has 1 aromatic rings. The monoisotopic (exact) mass is 234 g/mol. The molecule has 4 heteroatoms. The predicted octanol–water partition coefficient (Wildman–Crippen LogP) is 1.04. The zero-order valence-electron chi connectivity index (χ0n) is 11.0. The molecule has 2 aliphatic rings. The van der Waals surface area contributed by atoms with Crippen LogP contribution >= 0.6 is 0 Å². The van der Waals surface area contributed by atoms with Crippen molar-refractivity contribution in [2.24, 2.45) is 5.41 Å². The van der Waals surface area contributed by atoms with Crippen LogP contribution in [-0.2, 0) is 12.1 Å². The Balaban J connectivity index is 1.64. The summed E-state index contributed by atoms with van der Waals surface area (Å²) in [6.45, 7) is 12.6. The van der Waals surface area contributed by atoms with E-state index in [-0.39, 0.29) is 5.54 Å². The molecule has 0 atom stereocenters. The molecule has 94 valence electrons. The second kappa shape index (κ2) is 3.56. The average Bonchev–Trinajstić information content (AvgIpc) is 2.53. The molecule has 0 bridgehead atoms. The van der Waals surface area contributed by atoms with Gasteiger partial charge in [0, 0.05) is 49.5 Å². The molecule has 3 heterocycles. The van der Waals surface area contributed by atoms with Crippen LogP contribution in [0.3, 0.4) is 0 Å². The fourth-order valence-electron chi connectivity index (χ4n) is 2.98. The van der Waals surface area contributed by atoms with Gasteiger partial charge in [-0.15, -0.1) is 0 Å². The summed E-state index contributed by atoms with van der Waals surface area (Å²) in [5.41, 5.74) is 0.742. The lowest BCUT2D eigenvalue weighted by atomic mass is 9.74. The minimum atomic E-state index is 0.131. The highest BCUT2D eigenvalue weighted by Crippen LogP contribution is 2.34. The van der Waals surface area contributed by atoms with Crippen molar-refractivity contribution < 1.29 is 0 Å². The van der Waals surface area contributed by atoms with Crippen LogP contribution < -0.4 is 5.32 Å². The predicted molar refractivity (Wildman–Crippen MR) is 67.8 cm³/mol. The van der Waals surface area contributed by atoms with Crippen molar-refractivity contribution >= 4 is 0 Å². The molecular formula is C13H22N4. The van der Waals surface area contributed by atoms with Crippen molar-refractivity contribution in [3.05, 3.63) is 18.2 Å². The maximum atomic E-state index is 4.50. The Hall–Kier alpha value is -0.870. The number of hydrogen-bond donors (Lipinski definition) is 1. The average molecular weight is 234 g/mol. The fraction of sp³-hybridized carbons (Fsp3) is 0.769. The molecule has 1 aromatic heterocycles. The summed E-state index contributed by atoms with van der Waals surface area (Å²) in [4.78, 5) is 7.01. The first-order valence-corrected chi connectivity index (χ1v) is 6.44. The van der Waals surface area contributed by atoms with E-state index in [9.17, 15) is 0 Å². The van der Waals surface area contributed by atoms with Crippen LogP contribution in [0.25, 0.3) is 0 Å². The van der Waals surface area contributed by atoms with Crippen LogP contribution in [0, 0.1) is 5.41 Å². The molecule has 3 rings (SSSR count). The first kappa shape index (κ1) is 11.2. The van der Waals surface area contributed by atoms with Crippen LogP contribution in [0.5, 0.6) is 0 Å². The molecule has 0 unspecified atom stereocenters. The van der Waals surface area contributed by atoms with E-state index in [1.54, 1.807) is 0 Å². The molecule has 1 spiro atoms. The van der Waals surface area contributed by atoms with Crippen LogP contribution in [0.2, 0.25) is 0 Å². The van der Waals surface area contributed by atoms with E-state index in [0.29, 0.717) is 5.41 Å². The lowest BCUT2D eigenvalue weighted by molar-refractivity contribution is -0.0466. The van der Waals surface area contributed by atoms with Gasteiger partial charge in [0.25, 0.3) is 0 Å². The number of likely N-dealkylation sites (tertiary alicyclic amines) is 1. The molecule has 0 aliphatic carbocycles. The Labute approximate surface area is 103 Å². The van der Waals surface area contributed by atoms with Crippen molar-refractivity contribution in [3.8, 4) is 0 Å². The lowest BCUT2D eigenvalue weighted by Crippen LogP contribution is -2.70. The zero-order valence-corrected chi connectivity index (χ0v) is 11.0. The molecule has 2 aliphatic heterocycles. The van der Waals surface area contributed by atoms with Crippen molar-refractivity contribution in [1.29, 1.82) is 0 Å². The van der Waals surface area contributed by atoms with Crippen molar-refractivity contribution in [2.45, 2.75) is 32.9 Å². The van der Waals surface area contributed by atoms with Gasteiger partial charge in [-0.05, 0) is 20.8 Å². The Morgan fingerprint density at radius 1 is 1.35 bits per heavy atom. The lowest BCUT2D eigenvalue weighted by Gasteiger charge is -2.56. The number of rotatable bonds is 2. The maximum absolute atomic E-state index is 4.50. The van der Waals surface area contributed by atoms with Crippen LogP contribution in [0.1, 0.15) is 26.6 Å². The van der Waals surface area contributed by atoms with E-state index in [4.69, 9.17) is 0 Å². The largest absolute Gasteiger partial charge is 0.329 e. The summed E-state index contributed by atoms with van der Waals surface area (Å²) in [5, 5.41) is 3.37. The SMILES string of the molecule is CC(C)(C)n1ccnc1CN1CC2(CNC2)C1. The minimum absolute atomic E-state index is 0.131. The van der Waals surface area contributed by atoms with E-state index >= 15 is 0 Å². The smallest absolute Gasteiger partial charge is 0.123 e. The Morgan fingerprint density at radius 2 is 2.06 bits per heavy atom. The maximum Gasteiger partial charge on any atom is 0.123 e. The molecule has 2 fully saturated rings. The van der Waals surface area contributed by atoms with Gasteiger partial charge < -0.3 is 9.88 Å². The summed E-state index contributed by atoms with van der Waals surface area (Å²) >= 11 is 0. The van der Waals surface area contributed by atoms with E-state index in [1.165, 1.54) is 32.0 Å². The third-order valence-electron chi connectivity index (χ3n) is 3.92. The van der Waals surface area contributed by atoms with Crippen LogP contribution in [0.4, 0.5) is 0 Å². The second-order valence-corrected chi connectivity index (χ2v) is 6.63. The number of nitrogens with one attached hydrogen (secondary N) is 1.